The highest BCUT2D eigenvalue weighted by molar-refractivity contribution is 5.78. The maximum absolute atomic E-state index is 12.7. The molecule has 1 saturated heterocycles. The number of nitrogens with zero attached hydrogens (tertiary/aromatic N) is 3. The summed E-state index contributed by atoms with van der Waals surface area (Å²) in [7, 11) is 2.04. The molecule has 1 aromatic rings. The standard InChI is InChI=1S/C15H23F3N4O/c1-10(14(23)19-12-4-6-21(3)7-5-12)9-22-11(2)8-13(20-22)15(16,17)18/h8,10,12H,4-7,9H2,1-3H3,(H,19,23). The molecular formula is C15H23F3N4O. The molecule has 0 saturated carbocycles. The molecule has 1 atom stereocenters. The van der Waals surface area contributed by atoms with Gasteiger partial charge in [0.2, 0.25) is 5.91 Å². The van der Waals surface area contributed by atoms with E-state index in [1.165, 1.54) is 4.68 Å². The lowest BCUT2D eigenvalue weighted by Crippen LogP contribution is -2.45. The van der Waals surface area contributed by atoms with E-state index in [9.17, 15) is 18.0 Å². The molecule has 1 aliphatic heterocycles. The van der Waals surface area contributed by atoms with Crippen LogP contribution in [0.1, 0.15) is 31.2 Å². The van der Waals surface area contributed by atoms with E-state index in [-0.39, 0.29) is 18.5 Å². The summed E-state index contributed by atoms with van der Waals surface area (Å²) in [5.74, 6) is -0.572. The van der Waals surface area contributed by atoms with Gasteiger partial charge in [-0.25, -0.2) is 0 Å². The van der Waals surface area contributed by atoms with Crippen LogP contribution < -0.4 is 5.32 Å². The van der Waals surface area contributed by atoms with E-state index < -0.39 is 17.8 Å². The maximum atomic E-state index is 12.7. The molecular weight excluding hydrogens is 309 g/mol. The molecule has 2 heterocycles. The molecule has 0 aromatic carbocycles. The largest absolute Gasteiger partial charge is 0.435 e. The molecule has 1 N–H and O–H groups in total. The van der Waals surface area contributed by atoms with Crippen molar-refractivity contribution in [3.05, 3.63) is 17.5 Å². The Labute approximate surface area is 133 Å². The highest BCUT2D eigenvalue weighted by atomic mass is 19.4. The third-order valence-electron chi connectivity index (χ3n) is 4.23. The Morgan fingerprint density at radius 2 is 2.04 bits per heavy atom. The van der Waals surface area contributed by atoms with Crippen molar-refractivity contribution in [2.45, 2.75) is 45.5 Å². The van der Waals surface area contributed by atoms with Gasteiger partial charge in [-0.15, -0.1) is 0 Å². The number of carbonyl (C=O) groups is 1. The van der Waals surface area contributed by atoms with Crippen LogP contribution in [-0.4, -0.2) is 46.8 Å². The Morgan fingerprint density at radius 1 is 1.43 bits per heavy atom. The second-order valence-corrected chi connectivity index (χ2v) is 6.34. The molecule has 1 aromatic heterocycles. The molecule has 5 nitrogen and oxygen atoms in total. The molecule has 23 heavy (non-hydrogen) atoms. The van der Waals surface area contributed by atoms with Crippen molar-refractivity contribution in [1.82, 2.24) is 20.0 Å². The van der Waals surface area contributed by atoms with E-state index in [1.807, 2.05) is 7.05 Å². The molecule has 0 bridgehead atoms. The number of rotatable bonds is 4. The average Bonchev–Trinajstić information content (AvgIpc) is 2.82. The van der Waals surface area contributed by atoms with Gasteiger partial charge in [0.05, 0.1) is 12.5 Å². The summed E-state index contributed by atoms with van der Waals surface area (Å²) < 4.78 is 39.2. The van der Waals surface area contributed by atoms with Crippen molar-refractivity contribution >= 4 is 5.91 Å². The van der Waals surface area contributed by atoms with Crippen LogP contribution in [0, 0.1) is 12.8 Å². The molecule has 1 aliphatic rings. The van der Waals surface area contributed by atoms with Crippen LogP contribution in [0.25, 0.3) is 0 Å². The zero-order valence-corrected chi connectivity index (χ0v) is 13.7. The summed E-state index contributed by atoms with van der Waals surface area (Å²) in [6, 6.07) is 1.15. The number of likely N-dealkylation sites (tertiary alicyclic amines) is 1. The molecule has 0 aliphatic carbocycles. The number of nitrogens with one attached hydrogen (secondary N) is 1. The van der Waals surface area contributed by atoms with Crippen molar-refractivity contribution in [2.24, 2.45) is 5.92 Å². The predicted molar refractivity (Wildman–Crippen MR) is 79.8 cm³/mol. The van der Waals surface area contributed by atoms with Gasteiger partial charge < -0.3 is 10.2 Å². The first-order chi connectivity index (χ1) is 10.7. The van der Waals surface area contributed by atoms with Crippen LogP contribution >= 0.6 is 0 Å². The number of halogens is 3. The highest BCUT2D eigenvalue weighted by Gasteiger charge is 2.34. The number of hydrogen-bond acceptors (Lipinski definition) is 3. The first-order valence-corrected chi connectivity index (χ1v) is 7.77. The lowest BCUT2D eigenvalue weighted by atomic mass is 10.0. The van der Waals surface area contributed by atoms with E-state index in [0.717, 1.165) is 32.0 Å². The Bertz CT molecular complexity index is 547. The second-order valence-electron chi connectivity index (χ2n) is 6.34. The fraction of sp³-hybridized carbons (Fsp3) is 0.733. The second kappa shape index (κ2) is 6.90. The summed E-state index contributed by atoms with van der Waals surface area (Å²) in [4.78, 5) is 14.4. The zero-order valence-electron chi connectivity index (χ0n) is 13.7. The van der Waals surface area contributed by atoms with E-state index in [2.05, 4.69) is 15.3 Å². The minimum absolute atomic E-state index is 0.136. The number of aromatic nitrogens is 2. The third kappa shape index (κ3) is 4.70. The number of alkyl halides is 3. The van der Waals surface area contributed by atoms with E-state index in [0.29, 0.717) is 5.69 Å². The smallest absolute Gasteiger partial charge is 0.353 e. The molecule has 1 fully saturated rings. The summed E-state index contributed by atoms with van der Waals surface area (Å²) in [5.41, 5.74) is -0.519. The molecule has 0 spiro atoms. The summed E-state index contributed by atoms with van der Waals surface area (Å²) in [6.45, 7) is 5.28. The molecule has 130 valence electrons. The molecule has 1 unspecified atom stereocenters. The lowest BCUT2D eigenvalue weighted by Gasteiger charge is -2.30. The van der Waals surface area contributed by atoms with Gasteiger partial charge in [-0.2, -0.15) is 18.3 Å². The van der Waals surface area contributed by atoms with E-state index >= 15 is 0 Å². The van der Waals surface area contributed by atoms with Crippen LogP contribution in [0.5, 0.6) is 0 Å². The normalized spacial score (nSPS) is 18.9. The Hall–Kier alpha value is -1.57. The van der Waals surface area contributed by atoms with Gasteiger partial charge in [0.1, 0.15) is 0 Å². The van der Waals surface area contributed by atoms with Gasteiger partial charge in [0.15, 0.2) is 5.69 Å². The van der Waals surface area contributed by atoms with Crippen molar-refractivity contribution in [1.29, 1.82) is 0 Å². The van der Waals surface area contributed by atoms with E-state index in [4.69, 9.17) is 0 Å². The highest BCUT2D eigenvalue weighted by Crippen LogP contribution is 2.28. The SMILES string of the molecule is Cc1cc(C(F)(F)F)nn1CC(C)C(=O)NC1CCN(C)CC1. The number of aryl methyl sites for hydroxylation is 1. The van der Waals surface area contributed by atoms with Crippen molar-refractivity contribution in [3.63, 3.8) is 0 Å². The van der Waals surface area contributed by atoms with Crippen LogP contribution in [-0.2, 0) is 17.5 Å². The molecule has 8 heteroatoms. The summed E-state index contributed by atoms with van der Waals surface area (Å²) >= 11 is 0. The monoisotopic (exact) mass is 332 g/mol. The van der Waals surface area contributed by atoms with Crippen LogP contribution in [0.2, 0.25) is 0 Å². The van der Waals surface area contributed by atoms with Crippen molar-refractivity contribution in [2.75, 3.05) is 20.1 Å². The van der Waals surface area contributed by atoms with Crippen LogP contribution in [0.3, 0.4) is 0 Å². The number of carbonyl (C=O) groups excluding carboxylic acids is 1. The van der Waals surface area contributed by atoms with Gasteiger partial charge >= 0.3 is 6.18 Å². The van der Waals surface area contributed by atoms with E-state index in [1.54, 1.807) is 13.8 Å². The van der Waals surface area contributed by atoms with Gasteiger partial charge in [0.25, 0.3) is 0 Å². The van der Waals surface area contributed by atoms with Crippen molar-refractivity contribution < 1.29 is 18.0 Å². The fourth-order valence-electron chi connectivity index (χ4n) is 2.67. The Morgan fingerprint density at radius 3 is 2.57 bits per heavy atom. The number of amides is 1. The first kappa shape index (κ1) is 17.8. The van der Waals surface area contributed by atoms with Crippen molar-refractivity contribution in [3.8, 4) is 0 Å². The lowest BCUT2D eigenvalue weighted by molar-refractivity contribution is -0.141. The zero-order chi connectivity index (χ0) is 17.2. The minimum atomic E-state index is -4.46. The Balaban J connectivity index is 1.92. The van der Waals surface area contributed by atoms with Gasteiger partial charge in [-0.05, 0) is 46.0 Å². The topological polar surface area (TPSA) is 50.2 Å². The maximum Gasteiger partial charge on any atom is 0.435 e. The molecule has 0 radical (unpaired) electrons. The minimum Gasteiger partial charge on any atom is -0.353 e. The van der Waals surface area contributed by atoms with Crippen LogP contribution in [0.15, 0.2) is 6.07 Å². The Kier molecular flexibility index (Phi) is 5.33. The van der Waals surface area contributed by atoms with Crippen LogP contribution in [0.4, 0.5) is 13.2 Å². The van der Waals surface area contributed by atoms with Gasteiger partial charge in [0, 0.05) is 11.7 Å². The van der Waals surface area contributed by atoms with Gasteiger partial charge in [-0.1, -0.05) is 6.92 Å². The molecule has 2 rings (SSSR count). The predicted octanol–water partition coefficient (Wildman–Crippen LogP) is 2.06. The summed E-state index contributed by atoms with van der Waals surface area (Å²) in [6.07, 6.45) is -2.67. The van der Waals surface area contributed by atoms with Gasteiger partial charge in [-0.3, -0.25) is 9.48 Å². The number of piperidine rings is 1. The molecule has 1 amide bonds. The third-order valence-corrected chi connectivity index (χ3v) is 4.23. The summed E-state index contributed by atoms with van der Waals surface area (Å²) in [5, 5.41) is 6.55. The first-order valence-electron chi connectivity index (χ1n) is 7.77. The fourth-order valence-corrected chi connectivity index (χ4v) is 2.67. The average molecular weight is 332 g/mol. The number of hydrogen-bond donors (Lipinski definition) is 1. The quantitative estimate of drug-likeness (QED) is 0.918.